The third-order valence-electron chi connectivity index (χ3n) is 3.40. The van der Waals surface area contributed by atoms with Gasteiger partial charge in [0.2, 0.25) is 5.91 Å². The Balaban J connectivity index is 1.88. The van der Waals surface area contributed by atoms with Gasteiger partial charge >= 0.3 is 0 Å². The van der Waals surface area contributed by atoms with Crippen molar-refractivity contribution in [3.05, 3.63) is 29.8 Å². The average Bonchev–Trinajstić information content (AvgIpc) is 2.82. The number of anilines is 1. The van der Waals surface area contributed by atoms with Crippen LogP contribution in [-0.2, 0) is 4.79 Å². The van der Waals surface area contributed by atoms with E-state index < -0.39 is 0 Å². The number of rotatable bonds is 5. The molecule has 3 N–H and O–H groups in total. The Labute approximate surface area is 107 Å². The number of para-hydroxylation sites is 1. The van der Waals surface area contributed by atoms with Crippen LogP contribution in [-0.4, -0.2) is 30.2 Å². The van der Waals surface area contributed by atoms with Crippen molar-refractivity contribution >= 4 is 11.6 Å². The van der Waals surface area contributed by atoms with Crippen molar-refractivity contribution < 1.29 is 9.90 Å². The van der Waals surface area contributed by atoms with E-state index >= 15 is 0 Å². The van der Waals surface area contributed by atoms with Gasteiger partial charge in [-0.15, -0.1) is 0 Å². The predicted octanol–water partition coefficient (Wildman–Crippen LogP) is 1.47. The first-order valence-electron chi connectivity index (χ1n) is 6.51. The number of carbonyl (C=O) groups is 1. The largest absolute Gasteiger partial charge is 0.393 e. The van der Waals surface area contributed by atoms with Gasteiger partial charge < -0.3 is 15.7 Å². The number of aliphatic hydroxyl groups is 1. The topological polar surface area (TPSA) is 61.4 Å². The number of nitrogens with one attached hydrogen (secondary N) is 2. The normalized spacial score (nSPS) is 18.9. The van der Waals surface area contributed by atoms with Crippen molar-refractivity contribution in [2.45, 2.75) is 31.8 Å². The van der Waals surface area contributed by atoms with Crippen molar-refractivity contribution in [3.63, 3.8) is 0 Å². The van der Waals surface area contributed by atoms with Gasteiger partial charge in [-0.2, -0.15) is 0 Å². The van der Waals surface area contributed by atoms with E-state index in [-0.39, 0.29) is 17.9 Å². The summed E-state index contributed by atoms with van der Waals surface area (Å²) in [6, 6.07) is 7.89. The fourth-order valence-electron chi connectivity index (χ4n) is 2.21. The van der Waals surface area contributed by atoms with Gasteiger partial charge in [0.1, 0.15) is 0 Å². The van der Waals surface area contributed by atoms with Crippen LogP contribution in [0.5, 0.6) is 0 Å². The van der Waals surface area contributed by atoms with Crippen LogP contribution >= 0.6 is 0 Å². The first-order chi connectivity index (χ1) is 8.72. The van der Waals surface area contributed by atoms with Gasteiger partial charge in [-0.3, -0.25) is 4.79 Å². The minimum Gasteiger partial charge on any atom is -0.393 e. The second-order valence-corrected chi connectivity index (χ2v) is 4.66. The first kappa shape index (κ1) is 12.9. The van der Waals surface area contributed by atoms with Crippen LogP contribution in [0, 0.1) is 0 Å². The lowest BCUT2D eigenvalue weighted by Crippen LogP contribution is -2.32. The summed E-state index contributed by atoms with van der Waals surface area (Å²) in [4.78, 5) is 12.0. The van der Waals surface area contributed by atoms with Gasteiger partial charge in [0.25, 0.3) is 0 Å². The van der Waals surface area contributed by atoms with Gasteiger partial charge in [0, 0.05) is 18.8 Å². The minimum absolute atomic E-state index is 0.0377. The molecule has 98 valence electrons. The Morgan fingerprint density at radius 2 is 2.33 bits per heavy atom. The van der Waals surface area contributed by atoms with Gasteiger partial charge in [-0.05, 0) is 24.5 Å². The van der Waals surface area contributed by atoms with E-state index in [1.807, 2.05) is 31.2 Å². The highest BCUT2D eigenvalue weighted by Gasteiger charge is 2.27. The van der Waals surface area contributed by atoms with Crippen LogP contribution < -0.4 is 10.6 Å². The molecule has 0 radical (unpaired) electrons. The van der Waals surface area contributed by atoms with Gasteiger partial charge in [0.15, 0.2) is 0 Å². The molecule has 1 heterocycles. The van der Waals surface area contributed by atoms with Crippen molar-refractivity contribution in [3.8, 4) is 0 Å². The highest BCUT2D eigenvalue weighted by Crippen LogP contribution is 2.30. The fraction of sp³-hybridized carbons (Fsp3) is 0.500. The quantitative estimate of drug-likeness (QED) is 0.739. The number of benzene rings is 1. The summed E-state index contributed by atoms with van der Waals surface area (Å²) >= 11 is 0. The van der Waals surface area contributed by atoms with E-state index in [4.69, 9.17) is 0 Å². The third-order valence-corrected chi connectivity index (χ3v) is 3.40. The van der Waals surface area contributed by atoms with Crippen LogP contribution in [0.15, 0.2) is 24.3 Å². The number of carbonyl (C=O) groups excluding carboxylic acids is 1. The second-order valence-electron chi connectivity index (χ2n) is 4.66. The molecule has 0 bridgehead atoms. The van der Waals surface area contributed by atoms with Crippen LogP contribution in [0.25, 0.3) is 0 Å². The maximum Gasteiger partial charge on any atom is 0.229 e. The van der Waals surface area contributed by atoms with Crippen LogP contribution in [0.1, 0.15) is 31.2 Å². The van der Waals surface area contributed by atoms with Crippen molar-refractivity contribution in [1.82, 2.24) is 5.32 Å². The number of hydrogen-bond acceptors (Lipinski definition) is 3. The zero-order valence-electron chi connectivity index (χ0n) is 10.6. The smallest absolute Gasteiger partial charge is 0.229 e. The molecule has 2 atom stereocenters. The maximum absolute atomic E-state index is 12.0. The number of aliphatic hydroxyl groups excluding tert-OH is 1. The molecule has 4 nitrogen and oxygen atoms in total. The molecule has 1 aromatic rings. The SMILES string of the molecule is CCC(O)CCNC(=O)C1CNc2ccccc21. The average molecular weight is 248 g/mol. The van der Waals surface area contributed by atoms with E-state index in [9.17, 15) is 9.90 Å². The number of hydrogen-bond donors (Lipinski definition) is 3. The molecule has 4 heteroatoms. The van der Waals surface area contributed by atoms with Gasteiger partial charge in [-0.1, -0.05) is 25.1 Å². The molecule has 0 saturated heterocycles. The predicted molar refractivity (Wildman–Crippen MR) is 71.6 cm³/mol. The third kappa shape index (κ3) is 2.82. The Morgan fingerprint density at radius 3 is 3.11 bits per heavy atom. The minimum atomic E-state index is -0.320. The summed E-state index contributed by atoms with van der Waals surface area (Å²) in [5, 5.41) is 15.6. The molecule has 18 heavy (non-hydrogen) atoms. The fourth-order valence-corrected chi connectivity index (χ4v) is 2.21. The zero-order valence-corrected chi connectivity index (χ0v) is 10.6. The molecule has 2 unspecified atom stereocenters. The van der Waals surface area contributed by atoms with E-state index in [2.05, 4.69) is 10.6 Å². The van der Waals surface area contributed by atoms with Gasteiger partial charge in [0.05, 0.1) is 12.0 Å². The zero-order chi connectivity index (χ0) is 13.0. The van der Waals surface area contributed by atoms with E-state index in [0.29, 0.717) is 19.5 Å². The summed E-state index contributed by atoms with van der Waals surface area (Å²) in [6.07, 6.45) is 1.02. The highest BCUT2D eigenvalue weighted by molar-refractivity contribution is 5.88. The molecular weight excluding hydrogens is 228 g/mol. The molecule has 0 aliphatic carbocycles. The lowest BCUT2D eigenvalue weighted by atomic mass is 10.0. The standard InChI is InChI=1S/C14H20N2O2/c1-2-10(17)7-8-15-14(18)12-9-16-13-6-4-3-5-11(12)13/h3-6,10,12,16-17H,2,7-9H2,1H3,(H,15,18). The Kier molecular flexibility index (Phi) is 4.20. The van der Waals surface area contributed by atoms with Crippen LogP contribution in [0.4, 0.5) is 5.69 Å². The number of amides is 1. The van der Waals surface area contributed by atoms with Crippen molar-refractivity contribution in [1.29, 1.82) is 0 Å². The summed E-state index contributed by atoms with van der Waals surface area (Å²) in [7, 11) is 0. The summed E-state index contributed by atoms with van der Waals surface area (Å²) in [5.41, 5.74) is 2.11. The molecule has 1 aliphatic heterocycles. The molecule has 2 rings (SSSR count). The van der Waals surface area contributed by atoms with Crippen LogP contribution in [0.2, 0.25) is 0 Å². The molecule has 1 aromatic carbocycles. The monoisotopic (exact) mass is 248 g/mol. The molecule has 0 spiro atoms. The molecule has 1 amide bonds. The number of fused-ring (bicyclic) bond motifs is 1. The highest BCUT2D eigenvalue weighted by atomic mass is 16.3. The molecule has 0 aromatic heterocycles. The molecule has 1 aliphatic rings. The van der Waals surface area contributed by atoms with E-state index in [1.54, 1.807) is 0 Å². The summed E-state index contributed by atoms with van der Waals surface area (Å²) in [5.74, 6) is -0.0734. The van der Waals surface area contributed by atoms with E-state index in [0.717, 1.165) is 17.7 Å². The lowest BCUT2D eigenvalue weighted by Gasteiger charge is -2.12. The molecular formula is C14H20N2O2. The Morgan fingerprint density at radius 1 is 1.56 bits per heavy atom. The lowest BCUT2D eigenvalue weighted by molar-refractivity contribution is -0.122. The first-order valence-corrected chi connectivity index (χ1v) is 6.51. The second kappa shape index (κ2) is 5.87. The van der Waals surface area contributed by atoms with Crippen molar-refractivity contribution in [2.75, 3.05) is 18.4 Å². The Hall–Kier alpha value is -1.55. The van der Waals surface area contributed by atoms with Crippen molar-refractivity contribution in [2.24, 2.45) is 0 Å². The van der Waals surface area contributed by atoms with E-state index in [1.165, 1.54) is 0 Å². The van der Waals surface area contributed by atoms with Gasteiger partial charge in [-0.25, -0.2) is 0 Å². The molecule has 0 saturated carbocycles. The molecule has 0 fully saturated rings. The summed E-state index contributed by atoms with van der Waals surface area (Å²) < 4.78 is 0. The maximum atomic E-state index is 12.0. The van der Waals surface area contributed by atoms with Crippen LogP contribution in [0.3, 0.4) is 0 Å². The summed E-state index contributed by atoms with van der Waals surface area (Å²) in [6.45, 7) is 3.12. The Bertz CT molecular complexity index is 420.